The lowest BCUT2D eigenvalue weighted by molar-refractivity contribution is 0.314. The van der Waals surface area contributed by atoms with E-state index in [1.165, 1.54) is 5.56 Å². The molecule has 1 aromatic carbocycles. The summed E-state index contributed by atoms with van der Waals surface area (Å²) < 4.78 is 5.49. The van der Waals surface area contributed by atoms with Crippen LogP contribution in [0.25, 0.3) is 0 Å². The van der Waals surface area contributed by atoms with E-state index in [1.54, 1.807) is 0 Å². The predicted molar refractivity (Wildman–Crippen MR) is 58.2 cm³/mol. The van der Waals surface area contributed by atoms with Crippen LogP contribution in [0, 0.1) is 0 Å². The second kappa shape index (κ2) is 5.62. The Labute approximate surface area is 85.2 Å². The zero-order chi connectivity index (χ0) is 10.4. The summed E-state index contributed by atoms with van der Waals surface area (Å²) in [6.45, 7) is 5.59. The van der Waals surface area contributed by atoms with E-state index in [4.69, 9.17) is 10.6 Å². The minimum Gasteiger partial charge on any atom is -0.492 e. The van der Waals surface area contributed by atoms with Gasteiger partial charge in [-0.25, -0.2) is 0 Å². The van der Waals surface area contributed by atoms with E-state index in [0.29, 0.717) is 19.1 Å². The van der Waals surface area contributed by atoms with Gasteiger partial charge in [0, 0.05) is 6.54 Å². The van der Waals surface area contributed by atoms with Crippen LogP contribution in [-0.4, -0.2) is 13.2 Å². The van der Waals surface area contributed by atoms with Crippen LogP contribution in [0.15, 0.2) is 24.3 Å². The van der Waals surface area contributed by atoms with Crippen LogP contribution in [0.5, 0.6) is 5.75 Å². The SMILES string of the molecule is CC(C)c1cccc(OCCNN)c1. The summed E-state index contributed by atoms with van der Waals surface area (Å²) in [5.41, 5.74) is 3.84. The number of hydrogen-bond donors (Lipinski definition) is 2. The number of hydrazine groups is 1. The molecule has 0 aliphatic rings. The third-order valence-electron chi connectivity index (χ3n) is 2.04. The van der Waals surface area contributed by atoms with Crippen LogP contribution in [-0.2, 0) is 0 Å². The molecule has 0 bridgehead atoms. The van der Waals surface area contributed by atoms with E-state index in [0.717, 1.165) is 5.75 Å². The van der Waals surface area contributed by atoms with Gasteiger partial charge in [-0.3, -0.25) is 11.3 Å². The van der Waals surface area contributed by atoms with Crippen molar-refractivity contribution >= 4 is 0 Å². The molecule has 0 atom stereocenters. The predicted octanol–water partition coefficient (Wildman–Crippen LogP) is 1.65. The molecule has 0 spiro atoms. The number of ether oxygens (including phenoxy) is 1. The van der Waals surface area contributed by atoms with Crippen LogP contribution >= 0.6 is 0 Å². The number of nitrogens with two attached hydrogens (primary N) is 1. The second-order valence-electron chi connectivity index (χ2n) is 3.53. The summed E-state index contributed by atoms with van der Waals surface area (Å²) >= 11 is 0. The standard InChI is InChI=1S/C11H18N2O/c1-9(2)10-4-3-5-11(8-10)14-7-6-13-12/h3-5,8-9,13H,6-7,12H2,1-2H3. The Hall–Kier alpha value is -1.06. The summed E-state index contributed by atoms with van der Waals surface area (Å²) in [5.74, 6) is 6.58. The molecule has 0 fully saturated rings. The lowest BCUT2D eigenvalue weighted by atomic mass is 10.0. The van der Waals surface area contributed by atoms with E-state index < -0.39 is 0 Å². The maximum atomic E-state index is 5.49. The molecule has 0 saturated carbocycles. The average Bonchev–Trinajstić information content (AvgIpc) is 2.19. The highest BCUT2D eigenvalue weighted by Gasteiger charge is 2.00. The molecule has 3 heteroatoms. The smallest absolute Gasteiger partial charge is 0.119 e. The van der Waals surface area contributed by atoms with Crippen LogP contribution < -0.4 is 16.0 Å². The average molecular weight is 194 g/mol. The third kappa shape index (κ3) is 3.36. The van der Waals surface area contributed by atoms with Gasteiger partial charge in [-0.2, -0.15) is 0 Å². The van der Waals surface area contributed by atoms with E-state index in [1.807, 2.05) is 12.1 Å². The largest absolute Gasteiger partial charge is 0.492 e. The van der Waals surface area contributed by atoms with Gasteiger partial charge in [0.1, 0.15) is 12.4 Å². The number of benzene rings is 1. The highest BCUT2D eigenvalue weighted by atomic mass is 16.5. The molecular weight excluding hydrogens is 176 g/mol. The first-order chi connectivity index (χ1) is 6.74. The first-order valence-electron chi connectivity index (χ1n) is 4.90. The zero-order valence-electron chi connectivity index (χ0n) is 8.79. The van der Waals surface area contributed by atoms with Gasteiger partial charge in [0.25, 0.3) is 0 Å². The molecule has 14 heavy (non-hydrogen) atoms. The maximum Gasteiger partial charge on any atom is 0.119 e. The Morgan fingerprint density at radius 2 is 2.21 bits per heavy atom. The van der Waals surface area contributed by atoms with Gasteiger partial charge in [0.2, 0.25) is 0 Å². The van der Waals surface area contributed by atoms with Crippen molar-refractivity contribution in [2.45, 2.75) is 19.8 Å². The van der Waals surface area contributed by atoms with Crippen LogP contribution in [0.1, 0.15) is 25.3 Å². The van der Waals surface area contributed by atoms with Gasteiger partial charge < -0.3 is 4.74 Å². The quantitative estimate of drug-likeness (QED) is 0.425. The molecule has 3 N–H and O–H groups in total. The summed E-state index contributed by atoms with van der Waals surface area (Å²) in [6, 6.07) is 8.16. The van der Waals surface area contributed by atoms with E-state index in [2.05, 4.69) is 31.4 Å². The summed E-state index contributed by atoms with van der Waals surface area (Å²) in [4.78, 5) is 0. The lowest BCUT2D eigenvalue weighted by Gasteiger charge is -2.09. The molecule has 0 aliphatic carbocycles. The Balaban J connectivity index is 2.55. The monoisotopic (exact) mass is 194 g/mol. The van der Waals surface area contributed by atoms with Crippen LogP contribution in [0.4, 0.5) is 0 Å². The molecule has 0 unspecified atom stereocenters. The summed E-state index contributed by atoms with van der Waals surface area (Å²) in [7, 11) is 0. The number of nitrogens with one attached hydrogen (secondary N) is 1. The fourth-order valence-electron chi connectivity index (χ4n) is 1.19. The van der Waals surface area contributed by atoms with Crippen molar-refractivity contribution in [3.05, 3.63) is 29.8 Å². The molecule has 0 aliphatic heterocycles. The van der Waals surface area contributed by atoms with E-state index in [9.17, 15) is 0 Å². The normalized spacial score (nSPS) is 10.6. The van der Waals surface area contributed by atoms with Crippen molar-refractivity contribution in [2.24, 2.45) is 5.84 Å². The summed E-state index contributed by atoms with van der Waals surface area (Å²) in [5, 5.41) is 0. The Morgan fingerprint density at radius 1 is 1.43 bits per heavy atom. The number of hydrogen-bond acceptors (Lipinski definition) is 3. The fourth-order valence-corrected chi connectivity index (χ4v) is 1.19. The molecule has 0 amide bonds. The molecule has 1 aromatic rings. The summed E-state index contributed by atoms with van der Waals surface area (Å²) in [6.07, 6.45) is 0. The Morgan fingerprint density at radius 3 is 2.86 bits per heavy atom. The Kier molecular flexibility index (Phi) is 4.43. The van der Waals surface area contributed by atoms with Crippen molar-refractivity contribution in [2.75, 3.05) is 13.2 Å². The van der Waals surface area contributed by atoms with Crippen LogP contribution in [0.2, 0.25) is 0 Å². The van der Waals surface area contributed by atoms with Crippen LogP contribution in [0.3, 0.4) is 0 Å². The van der Waals surface area contributed by atoms with Gasteiger partial charge >= 0.3 is 0 Å². The molecule has 0 saturated heterocycles. The van der Waals surface area contributed by atoms with Crippen molar-refractivity contribution < 1.29 is 4.74 Å². The fraction of sp³-hybridized carbons (Fsp3) is 0.455. The van der Waals surface area contributed by atoms with Crippen molar-refractivity contribution in [3.63, 3.8) is 0 Å². The molecule has 0 aromatic heterocycles. The first-order valence-corrected chi connectivity index (χ1v) is 4.90. The Bertz CT molecular complexity index is 274. The number of rotatable bonds is 5. The van der Waals surface area contributed by atoms with Gasteiger partial charge in [0.15, 0.2) is 0 Å². The minimum atomic E-state index is 0.534. The highest BCUT2D eigenvalue weighted by Crippen LogP contribution is 2.19. The molecule has 1 rings (SSSR count). The van der Waals surface area contributed by atoms with Crippen molar-refractivity contribution in [3.8, 4) is 5.75 Å². The lowest BCUT2D eigenvalue weighted by Crippen LogP contribution is -2.27. The third-order valence-corrected chi connectivity index (χ3v) is 2.04. The van der Waals surface area contributed by atoms with Gasteiger partial charge in [-0.05, 0) is 23.6 Å². The van der Waals surface area contributed by atoms with E-state index >= 15 is 0 Å². The molecule has 0 heterocycles. The molecular formula is C11H18N2O. The molecule has 3 nitrogen and oxygen atoms in total. The van der Waals surface area contributed by atoms with Gasteiger partial charge in [-0.15, -0.1) is 0 Å². The van der Waals surface area contributed by atoms with E-state index in [-0.39, 0.29) is 0 Å². The molecule has 78 valence electrons. The highest BCUT2D eigenvalue weighted by molar-refractivity contribution is 5.30. The van der Waals surface area contributed by atoms with Crippen molar-refractivity contribution in [1.82, 2.24) is 5.43 Å². The van der Waals surface area contributed by atoms with Gasteiger partial charge in [-0.1, -0.05) is 26.0 Å². The molecule has 0 radical (unpaired) electrons. The van der Waals surface area contributed by atoms with Crippen molar-refractivity contribution in [1.29, 1.82) is 0 Å². The second-order valence-corrected chi connectivity index (χ2v) is 3.53. The topological polar surface area (TPSA) is 47.3 Å². The minimum absolute atomic E-state index is 0.534. The maximum absolute atomic E-state index is 5.49. The van der Waals surface area contributed by atoms with Gasteiger partial charge in [0.05, 0.1) is 0 Å². The zero-order valence-corrected chi connectivity index (χ0v) is 8.79. The first kappa shape index (κ1) is 11.0.